The van der Waals surface area contributed by atoms with E-state index < -0.39 is 0 Å². The minimum absolute atomic E-state index is 0.0248. The van der Waals surface area contributed by atoms with Crippen molar-refractivity contribution >= 4 is 6.09 Å². The molecule has 0 aromatic carbocycles. The second-order valence-corrected chi connectivity index (χ2v) is 3.86. The van der Waals surface area contributed by atoms with Crippen LogP contribution in [0.15, 0.2) is 0 Å². The van der Waals surface area contributed by atoms with Gasteiger partial charge in [-0.25, -0.2) is 4.79 Å². The molecule has 0 saturated carbocycles. The molecule has 1 rings (SSSR count). The van der Waals surface area contributed by atoms with Crippen LogP contribution < -0.4 is 5.73 Å². The van der Waals surface area contributed by atoms with Gasteiger partial charge in [0.2, 0.25) is 0 Å². The Kier molecular flexibility index (Phi) is 3.71. The summed E-state index contributed by atoms with van der Waals surface area (Å²) in [6, 6.07) is 0. The molecule has 1 heterocycles. The van der Waals surface area contributed by atoms with E-state index in [-0.39, 0.29) is 18.1 Å². The predicted molar refractivity (Wildman–Crippen MR) is 51.8 cm³/mol. The fourth-order valence-electron chi connectivity index (χ4n) is 1.85. The summed E-state index contributed by atoms with van der Waals surface area (Å²) in [5.41, 5.74) is 5.29. The number of methoxy groups -OCH3 is 1. The van der Waals surface area contributed by atoms with Crippen LogP contribution >= 0.6 is 0 Å². The Morgan fingerprint density at radius 3 is 2.93 bits per heavy atom. The Balaban J connectivity index is 2.62. The van der Waals surface area contributed by atoms with Gasteiger partial charge in [-0.2, -0.15) is 0 Å². The fourth-order valence-corrected chi connectivity index (χ4v) is 1.85. The minimum Gasteiger partial charge on any atom is -0.453 e. The summed E-state index contributed by atoms with van der Waals surface area (Å²) in [4.78, 5) is 12.9. The van der Waals surface area contributed by atoms with Crippen molar-refractivity contribution < 1.29 is 14.6 Å². The number of hydrogen-bond donors (Lipinski definition) is 2. The van der Waals surface area contributed by atoms with Crippen molar-refractivity contribution in [3.8, 4) is 0 Å². The third-order valence-electron chi connectivity index (χ3n) is 2.86. The highest BCUT2D eigenvalue weighted by Crippen LogP contribution is 2.28. The van der Waals surface area contributed by atoms with Crippen molar-refractivity contribution in [3.63, 3.8) is 0 Å². The van der Waals surface area contributed by atoms with Gasteiger partial charge in [-0.3, -0.25) is 0 Å². The number of ether oxygens (including phenoxy) is 1. The number of likely N-dealkylation sites (tertiary alicyclic amines) is 1. The third-order valence-corrected chi connectivity index (χ3v) is 2.86. The zero-order valence-corrected chi connectivity index (χ0v) is 8.53. The van der Waals surface area contributed by atoms with Gasteiger partial charge < -0.3 is 20.5 Å². The maximum Gasteiger partial charge on any atom is 0.409 e. The summed E-state index contributed by atoms with van der Waals surface area (Å²) >= 11 is 0. The number of nitrogens with two attached hydrogens (primary N) is 1. The first kappa shape index (κ1) is 11.3. The molecule has 1 amide bonds. The molecule has 5 nitrogen and oxygen atoms in total. The smallest absolute Gasteiger partial charge is 0.409 e. The van der Waals surface area contributed by atoms with Gasteiger partial charge in [0.25, 0.3) is 0 Å². The number of aliphatic hydroxyl groups excluding tert-OH is 1. The molecule has 0 radical (unpaired) electrons. The molecule has 1 saturated heterocycles. The van der Waals surface area contributed by atoms with Crippen LogP contribution in [0.5, 0.6) is 0 Å². The molecule has 0 aliphatic carbocycles. The van der Waals surface area contributed by atoms with Crippen molar-refractivity contribution in [2.75, 3.05) is 33.4 Å². The molecule has 14 heavy (non-hydrogen) atoms. The van der Waals surface area contributed by atoms with Gasteiger partial charge in [0.1, 0.15) is 0 Å². The largest absolute Gasteiger partial charge is 0.453 e. The zero-order valence-electron chi connectivity index (χ0n) is 8.53. The molecule has 82 valence electrons. The van der Waals surface area contributed by atoms with Gasteiger partial charge in [-0.05, 0) is 12.8 Å². The standard InChI is InChI=1S/C9H18N2O3/c1-14-8(13)11-4-2-3-9(5-10,6-11)7-12/h12H,2-7,10H2,1H3. The van der Waals surface area contributed by atoms with E-state index >= 15 is 0 Å². The number of carbonyl (C=O) groups is 1. The summed E-state index contributed by atoms with van der Waals surface area (Å²) in [6.45, 7) is 1.61. The molecule has 1 aliphatic heterocycles. The average Bonchev–Trinajstić information content (AvgIpc) is 2.28. The number of carbonyl (C=O) groups excluding carboxylic acids is 1. The molecular weight excluding hydrogens is 184 g/mol. The molecule has 1 atom stereocenters. The lowest BCUT2D eigenvalue weighted by molar-refractivity contribution is 0.0347. The second-order valence-electron chi connectivity index (χ2n) is 3.86. The Morgan fingerprint density at radius 2 is 2.43 bits per heavy atom. The number of piperidine rings is 1. The third kappa shape index (κ3) is 2.16. The lowest BCUT2D eigenvalue weighted by Gasteiger charge is -2.40. The summed E-state index contributed by atoms with van der Waals surface area (Å²) < 4.78 is 4.64. The lowest BCUT2D eigenvalue weighted by Crippen LogP contribution is -2.51. The van der Waals surface area contributed by atoms with Gasteiger partial charge in [-0.15, -0.1) is 0 Å². The fraction of sp³-hybridized carbons (Fsp3) is 0.889. The molecule has 0 spiro atoms. The summed E-state index contributed by atoms with van der Waals surface area (Å²) in [7, 11) is 1.36. The van der Waals surface area contributed by atoms with Gasteiger partial charge >= 0.3 is 6.09 Å². The first-order valence-corrected chi connectivity index (χ1v) is 4.81. The van der Waals surface area contributed by atoms with Crippen molar-refractivity contribution in [3.05, 3.63) is 0 Å². The van der Waals surface area contributed by atoms with Crippen LogP contribution in [0.3, 0.4) is 0 Å². The zero-order chi connectivity index (χ0) is 10.6. The molecule has 0 aromatic rings. The van der Waals surface area contributed by atoms with Crippen LogP contribution in [0.2, 0.25) is 0 Å². The van der Waals surface area contributed by atoms with E-state index in [0.717, 1.165) is 12.8 Å². The summed E-state index contributed by atoms with van der Waals surface area (Å²) in [5.74, 6) is 0. The predicted octanol–water partition coefficient (Wildman–Crippen LogP) is -0.214. The molecule has 5 heteroatoms. The molecular formula is C9H18N2O3. The molecule has 0 bridgehead atoms. The van der Waals surface area contributed by atoms with E-state index in [0.29, 0.717) is 19.6 Å². The van der Waals surface area contributed by atoms with Crippen molar-refractivity contribution in [1.82, 2.24) is 4.90 Å². The van der Waals surface area contributed by atoms with E-state index in [1.807, 2.05) is 0 Å². The summed E-state index contributed by atoms with van der Waals surface area (Å²) in [5, 5.41) is 9.26. The van der Waals surface area contributed by atoms with Crippen LogP contribution in [-0.2, 0) is 4.74 Å². The SMILES string of the molecule is COC(=O)N1CCCC(CN)(CO)C1. The number of aliphatic hydroxyl groups is 1. The highest BCUT2D eigenvalue weighted by Gasteiger charge is 2.35. The van der Waals surface area contributed by atoms with Gasteiger partial charge in [-0.1, -0.05) is 0 Å². The van der Waals surface area contributed by atoms with Gasteiger partial charge in [0, 0.05) is 25.0 Å². The quantitative estimate of drug-likeness (QED) is 0.649. The Morgan fingerprint density at radius 1 is 1.71 bits per heavy atom. The monoisotopic (exact) mass is 202 g/mol. The highest BCUT2D eigenvalue weighted by atomic mass is 16.5. The van der Waals surface area contributed by atoms with Gasteiger partial charge in [0.15, 0.2) is 0 Å². The van der Waals surface area contributed by atoms with Crippen LogP contribution in [0.1, 0.15) is 12.8 Å². The van der Waals surface area contributed by atoms with E-state index in [1.54, 1.807) is 4.90 Å². The molecule has 1 unspecified atom stereocenters. The summed E-state index contributed by atoms with van der Waals surface area (Å²) in [6.07, 6.45) is 1.40. The molecule has 0 aromatic heterocycles. The first-order valence-electron chi connectivity index (χ1n) is 4.81. The van der Waals surface area contributed by atoms with Crippen molar-refractivity contribution in [2.45, 2.75) is 12.8 Å². The van der Waals surface area contributed by atoms with E-state index in [2.05, 4.69) is 4.74 Å². The Hall–Kier alpha value is -0.810. The van der Waals surface area contributed by atoms with Gasteiger partial charge in [0.05, 0.1) is 13.7 Å². The van der Waals surface area contributed by atoms with Crippen molar-refractivity contribution in [2.24, 2.45) is 11.1 Å². The van der Waals surface area contributed by atoms with Crippen LogP contribution in [0.25, 0.3) is 0 Å². The molecule has 1 aliphatic rings. The van der Waals surface area contributed by atoms with Crippen molar-refractivity contribution in [1.29, 1.82) is 0 Å². The maximum atomic E-state index is 11.3. The van der Waals surface area contributed by atoms with E-state index in [4.69, 9.17) is 5.73 Å². The van der Waals surface area contributed by atoms with Crippen LogP contribution in [-0.4, -0.2) is 49.5 Å². The maximum absolute atomic E-state index is 11.3. The van der Waals surface area contributed by atoms with E-state index in [1.165, 1.54) is 7.11 Å². The average molecular weight is 202 g/mol. The molecule has 1 fully saturated rings. The lowest BCUT2D eigenvalue weighted by atomic mass is 9.81. The minimum atomic E-state index is -0.337. The van der Waals surface area contributed by atoms with E-state index in [9.17, 15) is 9.90 Å². The first-order chi connectivity index (χ1) is 6.67. The number of hydrogen-bond acceptors (Lipinski definition) is 4. The number of rotatable bonds is 2. The van der Waals surface area contributed by atoms with Crippen LogP contribution in [0.4, 0.5) is 4.79 Å². The Bertz CT molecular complexity index is 204. The topological polar surface area (TPSA) is 75.8 Å². The molecule has 3 N–H and O–H groups in total. The van der Waals surface area contributed by atoms with Crippen LogP contribution in [0, 0.1) is 5.41 Å². The number of nitrogens with zero attached hydrogens (tertiary/aromatic N) is 1. The highest BCUT2D eigenvalue weighted by molar-refractivity contribution is 5.67. The number of amides is 1. The second kappa shape index (κ2) is 4.61. The normalized spacial score (nSPS) is 27.5. The Labute approximate surface area is 83.8 Å².